The average molecular weight is 322 g/mol. The maximum absolute atomic E-state index is 12.8. The maximum atomic E-state index is 12.8. The number of alkyl halides is 3. The number of primary amides is 1. The lowest BCUT2D eigenvalue weighted by atomic mass is 10.0. The lowest BCUT2D eigenvalue weighted by molar-refractivity contribution is -0.137. The number of hydrogen-bond donors (Lipinski definition) is 2. The molecule has 0 spiro atoms. The summed E-state index contributed by atoms with van der Waals surface area (Å²) in [5.74, 6) is -0.588. The van der Waals surface area contributed by atoms with Gasteiger partial charge in [-0.3, -0.25) is 10.1 Å². The number of carbonyl (C=O) groups is 1. The molecule has 0 aromatic heterocycles. The minimum absolute atomic E-state index is 0.432. The summed E-state index contributed by atoms with van der Waals surface area (Å²) >= 11 is 0. The summed E-state index contributed by atoms with van der Waals surface area (Å²) in [6.07, 6.45) is -4.40. The summed E-state index contributed by atoms with van der Waals surface area (Å²) in [7, 11) is 0. The molecule has 3 N–H and O–H groups in total. The van der Waals surface area contributed by atoms with Gasteiger partial charge in [-0.05, 0) is 30.2 Å². The number of amides is 1. The Hall–Kier alpha value is -2.34. The SMILES string of the molecule is C[C@H](N[C@H](C(N)=O)c1ccccc1)c1cccc(C(F)(F)F)c1. The van der Waals surface area contributed by atoms with Gasteiger partial charge in [-0.15, -0.1) is 0 Å². The third-order valence-electron chi connectivity index (χ3n) is 3.55. The van der Waals surface area contributed by atoms with Crippen molar-refractivity contribution in [1.82, 2.24) is 5.32 Å². The van der Waals surface area contributed by atoms with Crippen LogP contribution in [0.2, 0.25) is 0 Å². The average Bonchev–Trinajstić information content (AvgIpc) is 2.52. The molecular formula is C17H17F3N2O. The Morgan fingerprint density at radius 2 is 1.65 bits per heavy atom. The van der Waals surface area contributed by atoms with Crippen LogP contribution >= 0.6 is 0 Å². The van der Waals surface area contributed by atoms with E-state index in [-0.39, 0.29) is 0 Å². The van der Waals surface area contributed by atoms with E-state index in [2.05, 4.69) is 5.32 Å². The van der Waals surface area contributed by atoms with Crippen LogP contribution in [0.5, 0.6) is 0 Å². The van der Waals surface area contributed by atoms with Crippen LogP contribution in [0.25, 0.3) is 0 Å². The highest BCUT2D eigenvalue weighted by Crippen LogP contribution is 2.31. The summed E-state index contributed by atoms with van der Waals surface area (Å²) in [5, 5.41) is 2.99. The topological polar surface area (TPSA) is 55.1 Å². The Morgan fingerprint density at radius 1 is 1.04 bits per heavy atom. The first kappa shape index (κ1) is 17.0. The predicted octanol–water partition coefficient (Wildman–Crippen LogP) is 3.58. The van der Waals surface area contributed by atoms with Gasteiger partial charge in [-0.25, -0.2) is 0 Å². The molecular weight excluding hydrogens is 305 g/mol. The molecule has 0 aliphatic carbocycles. The Bertz CT molecular complexity index is 671. The minimum Gasteiger partial charge on any atom is -0.368 e. The van der Waals surface area contributed by atoms with Crippen LogP contribution in [0.3, 0.4) is 0 Å². The predicted molar refractivity (Wildman–Crippen MR) is 81.4 cm³/mol. The normalized spacial score (nSPS) is 14.3. The molecule has 2 aromatic rings. The van der Waals surface area contributed by atoms with Gasteiger partial charge in [0.25, 0.3) is 0 Å². The van der Waals surface area contributed by atoms with Crippen molar-refractivity contribution in [2.45, 2.75) is 25.2 Å². The molecule has 23 heavy (non-hydrogen) atoms. The first-order chi connectivity index (χ1) is 10.8. The Balaban J connectivity index is 2.23. The number of benzene rings is 2. The van der Waals surface area contributed by atoms with Crippen molar-refractivity contribution in [3.8, 4) is 0 Å². The van der Waals surface area contributed by atoms with Crippen LogP contribution in [0.15, 0.2) is 54.6 Å². The zero-order valence-electron chi connectivity index (χ0n) is 12.5. The largest absolute Gasteiger partial charge is 0.416 e. The number of rotatable bonds is 5. The van der Waals surface area contributed by atoms with E-state index in [0.29, 0.717) is 11.1 Å². The van der Waals surface area contributed by atoms with E-state index < -0.39 is 29.7 Å². The molecule has 0 unspecified atom stereocenters. The summed E-state index contributed by atoms with van der Waals surface area (Å²) in [4.78, 5) is 11.7. The van der Waals surface area contributed by atoms with Crippen molar-refractivity contribution >= 4 is 5.91 Å². The summed E-state index contributed by atoms with van der Waals surface area (Å²) in [6.45, 7) is 1.69. The van der Waals surface area contributed by atoms with Crippen LogP contribution in [-0.2, 0) is 11.0 Å². The number of hydrogen-bond acceptors (Lipinski definition) is 2. The second kappa shape index (κ2) is 6.83. The van der Waals surface area contributed by atoms with Gasteiger partial charge in [0.2, 0.25) is 5.91 Å². The highest BCUT2D eigenvalue weighted by atomic mass is 19.4. The minimum atomic E-state index is -4.40. The molecule has 1 amide bonds. The number of nitrogens with two attached hydrogens (primary N) is 1. The molecule has 0 saturated carbocycles. The molecule has 2 atom stereocenters. The number of carbonyl (C=O) groups excluding carboxylic acids is 1. The molecule has 0 fully saturated rings. The second-order valence-corrected chi connectivity index (χ2v) is 5.26. The quantitative estimate of drug-likeness (QED) is 0.884. The maximum Gasteiger partial charge on any atom is 0.416 e. The summed E-state index contributed by atoms with van der Waals surface area (Å²) < 4.78 is 38.4. The van der Waals surface area contributed by atoms with Gasteiger partial charge in [0.15, 0.2) is 0 Å². The zero-order chi connectivity index (χ0) is 17.0. The summed E-state index contributed by atoms with van der Waals surface area (Å²) in [6, 6.07) is 12.6. The molecule has 0 aliphatic heterocycles. The van der Waals surface area contributed by atoms with Crippen molar-refractivity contribution in [1.29, 1.82) is 0 Å². The van der Waals surface area contributed by atoms with Gasteiger partial charge in [0.1, 0.15) is 6.04 Å². The number of nitrogens with one attached hydrogen (secondary N) is 1. The van der Waals surface area contributed by atoms with Gasteiger partial charge >= 0.3 is 6.18 Å². The fraction of sp³-hybridized carbons (Fsp3) is 0.235. The van der Waals surface area contributed by atoms with E-state index in [1.165, 1.54) is 6.07 Å². The van der Waals surface area contributed by atoms with Crippen LogP contribution in [0.1, 0.15) is 35.7 Å². The highest BCUT2D eigenvalue weighted by molar-refractivity contribution is 5.81. The molecule has 122 valence electrons. The van der Waals surface area contributed by atoms with Crippen molar-refractivity contribution in [2.75, 3.05) is 0 Å². The van der Waals surface area contributed by atoms with Crippen molar-refractivity contribution in [3.63, 3.8) is 0 Å². The zero-order valence-corrected chi connectivity index (χ0v) is 12.5. The van der Waals surface area contributed by atoms with Crippen LogP contribution in [0.4, 0.5) is 13.2 Å². The fourth-order valence-corrected chi connectivity index (χ4v) is 2.32. The Morgan fingerprint density at radius 3 is 2.22 bits per heavy atom. The molecule has 0 heterocycles. The molecule has 6 heteroatoms. The van der Waals surface area contributed by atoms with Gasteiger partial charge in [-0.2, -0.15) is 13.2 Å². The van der Waals surface area contributed by atoms with E-state index in [1.807, 2.05) is 0 Å². The summed E-state index contributed by atoms with van der Waals surface area (Å²) in [5.41, 5.74) is 5.79. The molecule has 2 rings (SSSR count). The van der Waals surface area contributed by atoms with Crippen LogP contribution in [0, 0.1) is 0 Å². The number of halogens is 3. The molecule has 0 saturated heterocycles. The van der Waals surface area contributed by atoms with Crippen LogP contribution in [-0.4, -0.2) is 5.91 Å². The molecule has 0 aliphatic rings. The molecule has 3 nitrogen and oxygen atoms in total. The Labute approximate surface area is 132 Å². The van der Waals surface area contributed by atoms with E-state index in [9.17, 15) is 18.0 Å². The van der Waals surface area contributed by atoms with Crippen molar-refractivity contribution in [2.24, 2.45) is 5.73 Å². The van der Waals surface area contributed by atoms with E-state index in [0.717, 1.165) is 12.1 Å². The highest BCUT2D eigenvalue weighted by Gasteiger charge is 2.31. The molecule has 0 radical (unpaired) electrons. The Kier molecular flexibility index (Phi) is 5.05. The third-order valence-corrected chi connectivity index (χ3v) is 3.55. The van der Waals surface area contributed by atoms with Gasteiger partial charge in [0.05, 0.1) is 5.56 Å². The smallest absolute Gasteiger partial charge is 0.368 e. The monoisotopic (exact) mass is 322 g/mol. The van der Waals surface area contributed by atoms with Crippen molar-refractivity contribution < 1.29 is 18.0 Å². The first-order valence-electron chi connectivity index (χ1n) is 7.06. The van der Waals surface area contributed by atoms with E-state index >= 15 is 0 Å². The standard InChI is InChI=1S/C17H17F3N2O/c1-11(13-8-5-9-14(10-13)17(18,19)20)22-15(16(21)23)12-6-3-2-4-7-12/h2-11,15,22H,1H3,(H2,21,23)/t11-,15-/m0/s1. The second-order valence-electron chi connectivity index (χ2n) is 5.26. The van der Waals surface area contributed by atoms with Gasteiger partial charge in [0, 0.05) is 6.04 Å². The van der Waals surface area contributed by atoms with Crippen LogP contribution < -0.4 is 11.1 Å². The molecule has 0 bridgehead atoms. The van der Waals surface area contributed by atoms with Gasteiger partial charge in [-0.1, -0.05) is 42.5 Å². The lowest BCUT2D eigenvalue weighted by Gasteiger charge is -2.22. The lowest BCUT2D eigenvalue weighted by Crippen LogP contribution is -2.35. The van der Waals surface area contributed by atoms with Crippen molar-refractivity contribution in [3.05, 3.63) is 71.3 Å². The first-order valence-corrected chi connectivity index (χ1v) is 7.06. The fourth-order valence-electron chi connectivity index (χ4n) is 2.32. The van der Waals surface area contributed by atoms with E-state index in [4.69, 9.17) is 5.73 Å². The van der Waals surface area contributed by atoms with Gasteiger partial charge < -0.3 is 5.73 Å². The van der Waals surface area contributed by atoms with E-state index in [1.54, 1.807) is 43.3 Å². The third kappa shape index (κ3) is 4.32. The molecule has 2 aromatic carbocycles.